The van der Waals surface area contributed by atoms with Gasteiger partial charge in [-0.15, -0.1) is 0 Å². The Labute approximate surface area is 206 Å². The van der Waals surface area contributed by atoms with Gasteiger partial charge in [0.15, 0.2) is 0 Å². The van der Waals surface area contributed by atoms with Gasteiger partial charge in [0.25, 0.3) is 0 Å². The molecule has 3 rings (SSSR count). The van der Waals surface area contributed by atoms with Gasteiger partial charge in [0, 0.05) is 30.5 Å². The molecule has 0 aliphatic rings. The minimum absolute atomic E-state index is 0.0790. The van der Waals surface area contributed by atoms with Crippen LogP contribution in [-0.4, -0.2) is 29.9 Å². The van der Waals surface area contributed by atoms with E-state index in [9.17, 15) is 9.59 Å². The van der Waals surface area contributed by atoms with Gasteiger partial charge < -0.3 is 15.0 Å². The second-order valence-electron chi connectivity index (χ2n) is 8.48. The van der Waals surface area contributed by atoms with E-state index in [4.69, 9.17) is 16.3 Å². The lowest BCUT2D eigenvalue weighted by atomic mass is 10.0. The third kappa shape index (κ3) is 6.84. The summed E-state index contributed by atoms with van der Waals surface area (Å²) in [6, 6.07) is 24.0. The van der Waals surface area contributed by atoms with Gasteiger partial charge in [-0.25, -0.2) is 0 Å². The molecule has 0 heterocycles. The van der Waals surface area contributed by atoms with Crippen molar-refractivity contribution >= 4 is 23.4 Å². The lowest BCUT2D eigenvalue weighted by molar-refractivity contribution is -0.143. The Morgan fingerprint density at radius 2 is 1.56 bits per heavy atom. The zero-order chi connectivity index (χ0) is 24.5. The number of nitrogens with zero attached hydrogens (tertiary/aromatic N) is 1. The van der Waals surface area contributed by atoms with Crippen LogP contribution in [0.5, 0.6) is 5.75 Å². The summed E-state index contributed by atoms with van der Waals surface area (Å²) in [7, 11) is 1.61. The van der Waals surface area contributed by atoms with Crippen molar-refractivity contribution in [2.24, 2.45) is 5.92 Å². The molecular formula is C28H31ClN2O3. The van der Waals surface area contributed by atoms with Crippen molar-refractivity contribution in [3.05, 3.63) is 101 Å². The van der Waals surface area contributed by atoms with Crippen molar-refractivity contribution in [3.63, 3.8) is 0 Å². The van der Waals surface area contributed by atoms with Crippen LogP contribution in [0.4, 0.5) is 0 Å². The molecule has 0 unspecified atom stereocenters. The summed E-state index contributed by atoms with van der Waals surface area (Å²) in [4.78, 5) is 28.5. The summed E-state index contributed by atoms with van der Waals surface area (Å²) in [5.41, 5.74) is 2.73. The maximum atomic E-state index is 13.5. The van der Waals surface area contributed by atoms with Crippen LogP contribution in [0.25, 0.3) is 0 Å². The van der Waals surface area contributed by atoms with Gasteiger partial charge in [-0.05, 0) is 34.9 Å². The van der Waals surface area contributed by atoms with Gasteiger partial charge >= 0.3 is 0 Å². The zero-order valence-corrected chi connectivity index (χ0v) is 20.6. The van der Waals surface area contributed by atoms with Crippen molar-refractivity contribution < 1.29 is 14.3 Å². The normalized spacial score (nSPS) is 11.7. The summed E-state index contributed by atoms with van der Waals surface area (Å²) < 4.78 is 5.25. The average Bonchev–Trinajstić information content (AvgIpc) is 2.86. The first-order valence-electron chi connectivity index (χ1n) is 11.4. The Kier molecular flexibility index (Phi) is 9.11. The average molecular weight is 479 g/mol. The highest BCUT2D eigenvalue weighted by molar-refractivity contribution is 6.31. The summed E-state index contributed by atoms with van der Waals surface area (Å²) in [6.07, 6.45) is 0.407. The molecule has 0 radical (unpaired) electrons. The maximum absolute atomic E-state index is 13.5. The molecule has 0 saturated carbocycles. The fraction of sp³-hybridized carbons (Fsp3) is 0.286. The van der Waals surface area contributed by atoms with Crippen LogP contribution in [-0.2, 0) is 29.1 Å². The van der Waals surface area contributed by atoms with Crippen molar-refractivity contribution in [1.82, 2.24) is 10.2 Å². The molecule has 5 nitrogen and oxygen atoms in total. The first-order valence-corrected chi connectivity index (χ1v) is 11.7. The molecule has 0 aliphatic heterocycles. The van der Waals surface area contributed by atoms with E-state index in [1.54, 1.807) is 18.1 Å². The van der Waals surface area contributed by atoms with Crippen LogP contribution in [0.2, 0.25) is 5.02 Å². The molecule has 178 valence electrons. The van der Waals surface area contributed by atoms with E-state index >= 15 is 0 Å². The maximum Gasteiger partial charge on any atom is 0.243 e. The Hall–Kier alpha value is -3.31. The summed E-state index contributed by atoms with van der Waals surface area (Å²) in [6.45, 7) is 4.31. The van der Waals surface area contributed by atoms with Gasteiger partial charge in [0.05, 0.1) is 7.11 Å². The van der Waals surface area contributed by atoms with Gasteiger partial charge in [-0.2, -0.15) is 0 Å². The second kappa shape index (κ2) is 12.2. The highest BCUT2D eigenvalue weighted by atomic mass is 35.5. The molecule has 0 aromatic heterocycles. The van der Waals surface area contributed by atoms with Crippen molar-refractivity contribution in [2.75, 3.05) is 7.11 Å². The Morgan fingerprint density at radius 1 is 0.912 bits per heavy atom. The molecule has 6 heteroatoms. The van der Waals surface area contributed by atoms with Crippen LogP contribution in [0, 0.1) is 5.92 Å². The molecule has 2 amide bonds. The van der Waals surface area contributed by atoms with Gasteiger partial charge in [0.2, 0.25) is 11.8 Å². The number of amides is 2. The Bertz CT molecular complexity index is 1080. The first-order chi connectivity index (χ1) is 16.4. The van der Waals surface area contributed by atoms with E-state index < -0.39 is 6.04 Å². The molecule has 1 atom stereocenters. The van der Waals surface area contributed by atoms with Crippen LogP contribution < -0.4 is 10.1 Å². The van der Waals surface area contributed by atoms with Crippen molar-refractivity contribution in [1.29, 1.82) is 0 Å². The van der Waals surface area contributed by atoms with Gasteiger partial charge in [-0.3, -0.25) is 9.59 Å². The molecule has 0 saturated heterocycles. The van der Waals surface area contributed by atoms with E-state index in [0.717, 1.165) is 22.4 Å². The number of carbonyl (C=O) groups excluding carboxylic acids is 2. The SMILES string of the molecule is COc1ccc(CN(C(=O)C(C)C)[C@@H](Cc2ccccc2)C(=O)NCc2ccccc2Cl)cc1. The zero-order valence-electron chi connectivity index (χ0n) is 19.8. The summed E-state index contributed by atoms with van der Waals surface area (Å²) in [5, 5.41) is 3.59. The van der Waals surface area contributed by atoms with Crippen molar-refractivity contribution in [2.45, 2.75) is 39.4 Å². The number of hydrogen-bond donors (Lipinski definition) is 1. The number of halogens is 1. The Balaban J connectivity index is 1.90. The van der Waals surface area contributed by atoms with E-state index in [0.29, 0.717) is 18.0 Å². The molecule has 0 bridgehead atoms. The fourth-order valence-electron chi connectivity index (χ4n) is 3.72. The van der Waals surface area contributed by atoms with Crippen LogP contribution in [0.3, 0.4) is 0 Å². The molecular weight excluding hydrogens is 448 g/mol. The smallest absolute Gasteiger partial charge is 0.243 e. The third-order valence-corrected chi connectivity index (χ3v) is 6.02. The molecule has 1 N–H and O–H groups in total. The van der Waals surface area contributed by atoms with Gasteiger partial charge in [-0.1, -0.05) is 86.1 Å². The molecule has 0 aliphatic carbocycles. The van der Waals surface area contributed by atoms with E-state index in [1.165, 1.54) is 0 Å². The standard InChI is InChI=1S/C28H31ClN2O3/c1-20(2)28(33)31(19-22-13-15-24(34-3)16-14-22)26(17-21-9-5-4-6-10-21)27(32)30-18-23-11-7-8-12-25(23)29/h4-16,20,26H,17-19H2,1-3H3,(H,30,32)/t26-/m0/s1. The Morgan fingerprint density at radius 3 is 2.18 bits per heavy atom. The number of hydrogen-bond acceptors (Lipinski definition) is 3. The number of carbonyl (C=O) groups is 2. The number of nitrogens with one attached hydrogen (secondary N) is 1. The number of rotatable bonds is 10. The highest BCUT2D eigenvalue weighted by Gasteiger charge is 2.31. The van der Waals surface area contributed by atoms with Crippen molar-refractivity contribution in [3.8, 4) is 5.75 Å². The first kappa shape index (κ1) is 25.3. The predicted octanol–water partition coefficient (Wildman–Crippen LogP) is 5.26. The summed E-state index contributed by atoms with van der Waals surface area (Å²) >= 11 is 6.28. The van der Waals surface area contributed by atoms with Crippen LogP contribution >= 0.6 is 11.6 Å². The highest BCUT2D eigenvalue weighted by Crippen LogP contribution is 2.20. The predicted molar refractivity (Wildman–Crippen MR) is 136 cm³/mol. The monoisotopic (exact) mass is 478 g/mol. The molecule has 3 aromatic rings. The molecule has 34 heavy (non-hydrogen) atoms. The van der Waals surface area contributed by atoms with Crippen LogP contribution in [0.15, 0.2) is 78.9 Å². The molecule has 3 aromatic carbocycles. The molecule has 0 spiro atoms. The van der Waals surface area contributed by atoms with Gasteiger partial charge in [0.1, 0.15) is 11.8 Å². The minimum atomic E-state index is -0.679. The van der Waals surface area contributed by atoms with E-state index in [2.05, 4.69) is 5.32 Å². The second-order valence-corrected chi connectivity index (χ2v) is 8.89. The minimum Gasteiger partial charge on any atom is -0.497 e. The van der Waals surface area contributed by atoms with E-state index in [-0.39, 0.29) is 24.3 Å². The quantitative estimate of drug-likeness (QED) is 0.432. The fourth-order valence-corrected chi connectivity index (χ4v) is 3.93. The number of methoxy groups -OCH3 is 1. The molecule has 0 fully saturated rings. The number of ether oxygens (including phenoxy) is 1. The lowest BCUT2D eigenvalue weighted by Crippen LogP contribution is -2.51. The topological polar surface area (TPSA) is 58.6 Å². The van der Waals surface area contributed by atoms with E-state index in [1.807, 2.05) is 86.6 Å². The van der Waals surface area contributed by atoms with Crippen LogP contribution in [0.1, 0.15) is 30.5 Å². The lowest BCUT2D eigenvalue weighted by Gasteiger charge is -2.33. The largest absolute Gasteiger partial charge is 0.497 e. The third-order valence-electron chi connectivity index (χ3n) is 5.65. The summed E-state index contributed by atoms with van der Waals surface area (Å²) in [5.74, 6) is 0.188. The number of benzene rings is 3.